The number of H-pyrrole nitrogens is 1. The van der Waals surface area contributed by atoms with Gasteiger partial charge in [-0.15, -0.1) is 0 Å². The molecule has 2 aromatic heterocycles. The Hall–Kier alpha value is -2.15. The molecule has 0 bridgehead atoms. The van der Waals surface area contributed by atoms with Gasteiger partial charge >= 0.3 is 0 Å². The van der Waals surface area contributed by atoms with Crippen LogP contribution in [0, 0.1) is 6.92 Å². The molecule has 0 aromatic carbocycles. The highest BCUT2D eigenvalue weighted by atomic mass is 16.5. The summed E-state index contributed by atoms with van der Waals surface area (Å²) in [5, 5.41) is 5.81. The number of amides is 1. The van der Waals surface area contributed by atoms with E-state index in [0.717, 1.165) is 31.4 Å². The summed E-state index contributed by atoms with van der Waals surface area (Å²) in [5.41, 5.74) is 1.02. The Labute approximate surface area is 127 Å². The third kappa shape index (κ3) is 2.76. The van der Waals surface area contributed by atoms with Crippen molar-refractivity contribution in [3.8, 4) is 0 Å². The van der Waals surface area contributed by atoms with Gasteiger partial charge < -0.3 is 10.1 Å². The van der Waals surface area contributed by atoms with Crippen LogP contribution in [-0.4, -0.2) is 39.8 Å². The smallest absolute Gasteiger partial charge is 0.285 e. The molecule has 1 aliphatic rings. The van der Waals surface area contributed by atoms with Gasteiger partial charge in [0.05, 0.1) is 6.10 Å². The molecule has 1 saturated carbocycles. The van der Waals surface area contributed by atoms with Crippen molar-refractivity contribution in [3.63, 3.8) is 0 Å². The van der Waals surface area contributed by atoms with E-state index in [1.165, 1.54) is 10.7 Å². The molecule has 1 aliphatic carbocycles. The van der Waals surface area contributed by atoms with Gasteiger partial charge in [0.1, 0.15) is 5.56 Å². The first-order valence-electron chi connectivity index (χ1n) is 7.49. The molecule has 0 unspecified atom stereocenters. The quantitative estimate of drug-likeness (QED) is 0.886. The van der Waals surface area contributed by atoms with Crippen LogP contribution in [-0.2, 0) is 4.74 Å². The number of fused-ring (bicyclic) bond motifs is 1. The average molecular weight is 304 g/mol. The minimum absolute atomic E-state index is 0.0632. The maximum Gasteiger partial charge on any atom is 0.285 e. The number of hydrogen-bond acceptors (Lipinski definition) is 4. The predicted molar refractivity (Wildman–Crippen MR) is 81.1 cm³/mol. The average Bonchev–Trinajstić information content (AvgIpc) is 2.90. The standard InChI is InChI=1S/C15H20N4O3/c1-9-7-13-16-8-12(15(21)19(13)18-9)14(20)17-10-3-5-11(22-2)6-4-10/h7-8,10-11,18H,3-6H2,1-2H3,(H,17,20). The molecule has 7 heteroatoms. The highest BCUT2D eigenvalue weighted by Crippen LogP contribution is 2.20. The minimum Gasteiger partial charge on any atom is -0.381 e. The Morgan fingerprint density at radius 2 is 2.14 bits per heavy atom. The summed E-state index contributed by atoms with van der Waals surface area (Å²) in [6, 6.07) is 1.85. The number of methoxy groups -OCH3 is 1. The van der Waals surface area contributed by atoms with E-state index in [4.69, 9.17) is 4.74 Å². The van der Waals surface area contributed by atoms with Gasteiger partial charge in [-0.05, 0) is 32.6 Å². The molecular formula is C15H20N4O3. The normalized spacial score (nSPS) is 21.9. The number of aromatic amines is 1. The van der Waals surface area contributed by atoms with Crippen LogP contribution in [0.5, 0.6) is 0 Å². The fraction of sp³-hybridized carbons (Fsp3) is 0.533. The highest BCUT2D eigenvalue weighted by Gasteiger charge is 2.24. The first-order chi connectivity index (χ1) is 10.6. The molecule has 0 atom stereocenters. The van der Waals surface area contributed by atoms with Crippen LogP contribution in [0.2, 0.25) is 0 Å². The van der Waals surface area contributed by atoms with E-state index < -0.39 is 0 Å². The number of nitrogens with zero attached hydrogens (tertiary/aromatic N) is 2. The van der Waals surface area contributed by atoms with Crippen molar-refractivity contribution in [1.82, 2.24) is 19.9 Å². The SMILES string of the molecule is COC1CCC(NC(=O)c2cnc3cc(C)[nH]n3c2=O)CC1. The molecule has 118 valence electrons. The number of aromatic nitrogens is 3. The van der Waals surface area contributed by atoms with Gasteiger partial charge in [-0.1, -0.05) is 0 Å². The number of nitrogens with one attached hydrogen (secondary N) is 2. The van der Waals surface area contributed by atoms with Crippen molar-refractivity contribution in [3.05, 3.63) is 33.9 Å². The van der Waals surface area contributed by atoms with E-state index >= 15 is 0 Å². The minimum atomic E-state index is -0.374. The molecular weight excluding hydrogens is 284 g/mol. The lowest BCUT2D eigenvalue weighted by atomic mass is 9.93. The molecule has 22 heavy (non-hydrogen) atoms. The summed E-state index contributed by atoms with van der Waals surface area (Å²) in [6.07, 6.45) is 5.20. The van der Waals surface area contributed by atoms with Gasteiger partial charge in [-0.25, -0.2) is 9.50 Å². The summed E-state index contributed by atoms with van der Waals surface area (Å²) in [6.45, 7) is 1.84. The molecule has 3 rings (SSSR count). The Morgan fingerprint density at radius 3 is 2.82 bits per heavy atom. The van der Waals surface area contributed by atoms with Crippen LogP contribution >= 0.6 is 0 Å². The lowest BCUT2D eigenvalue weighted by Crippen LogP contribution is -2.41. The Morgan fingerprint density at radius 1 is 1.41 bits per heavy atom. The van der Waals surface area contributed by atoms with Gasteiger partial charge in [0.2, 0.25) is 0 Å². The lowest BCUT2D eigenvalue weighted by Gasteiger charge is -2.28. The number of rotatable bonds is 3. The van der Waals surface area contributed by atoms with Crippen molar-refractivity contribution in [2.45, 2.75) is 44.8 Å². The van der Waals surface area contributed by atoms with Crippen molar-refractivity contribution < 1.29 is 9.53 Å². The summed E-state index contributed by atoms with van der Waals surface area (Å²) in [4.78, 5) is 28.8. The van der Waals surface area contributed by atoms with E-state index in [2.05, 4.69) is 15.4 Å². The molecule has 2 heterocycles. The third-order valence-electron chi connectivity index (χ3n) is 4.21. The molecule has 0 saturated heterocycles. The van der Waals surface area contributed by atoms with Gasteiger partial charge in [-0.3, -0.25) is 14.7 Å². The third-order valence-corrected chi connectivity index (χ3v) is 4.21. The second-order valence-corrected chi connectivity index (χ2v) is 5.79. The van der Waals surface area contributed by atoms with Gasteiger partial charge in [0.25, 0.3) is 11.5 Å². The monoisotopic (exact) mass is 304 g/mol. The fourth-order valence-corrected chi connectivity index (χ4v) is 2.94. The summed E-state index contributed by atoms with van der Waals surface area (Å²) in [5.74, 6) is -0.361. The van der Waals surface area contributed by atoms with Crippen LogP contribution in [0.4, 0.5) is 0 Å². The number of aryl methyl sites for hydroxylation is 1. The first kappa shape index (κ1) is 14.8. The molecule has 2 aromatic rings. The van der Waals surface area contributed by atoms with E-state index in [9.17, 15) is 9.59 Å². The largest absolute Gasteiger partial charge is 0.381 e. The van der Waals surface area contributed by atoms with Gasteiger partial charge in [-0.2, -0.15) is 0 Å². The lowest BCUT2D eigenvalue weighted by molar-refractivity contribution is 0.0599. The van der Waals surface area contributed by atoms with Crippen molar-refractivity contribution >= 4 is 11.6 Å². The van der Waals surface area contributed by atoms with Crippen LogP contribution in [0.1, 0.15) is 41.7 Å². The number of carbonyl (C=O) groups excluding carboxylic acids is 1. The second kappa shape index (κ2) is 5.92. The molecule has 0 spiro atoms. The van der Waals surface area contributed by atoms with Gasteiger partial charge in [0.15, 0.2) is 5.65 Å². The maximum atomic E-state index is 12.3. The Kier molecular flexibility index (Phi) is 3.98. The van der Waals surface area contributed by atoms with Crippen molar-refractivity contribution in [1.29, 1.82) is 0 Å². The molecule has 1 amide bonds. The van der Waals surface area contributed by atoms with Crippen molar-refractivity contribution in [2.75, 3.05) is 7.11 Å². The van der Waals surface area contributed by atoms with Crippen molar-refractivity contribution in [2.24, 2.45) is 0 Å². The summed E-state index contributed by atoms with van der Waals surface area (Å²) >= 11 is 0. The van der Waals surface area contributed by atoms with Crippen LogP contribution in [0.3, 0.4) is 0 Å². The summed E-state index contributed by atoms with van der Waals surface area (Å²) < 4.78 is 6.62. The van der Waals surface area contributed by atoms with E-state index in [1.807, 2.05) is 6.92 Å². The fourth-order valence-electron chi connectivity index (χ4n) is 2.94. The topological polar surface area (TPSA) is 88.5 Å². The molecule has 2 N–H and O–H groups in total. The molecule has 1 fully saturated rings. The maximum absolute atomic E-state index is 12.3. The Balaban J connectivity index is 1.75. The van der Waals surface area contributed by atoms with Crippen LogP contribution in [0.25, 0.3) is 5.65 Å². The van der Waals surface area contributed by atoms with E-state index in [0.29, 0.717) is 5.65 Å². The number of hydrogen-bond donors (Lipinski definition) is 2. The zero-order valence-electron chi connectivity index (χ0n) is 12.8. The first-order valence-corrected chi connectivity index (χ1v) is 7.49. The van der Waals surface area contributed by atoms with E-state index in [1.54, 1.807) is 13.2 Å². The van der Waals surface area contributed by atoms with Gasteiger partial charge in [0, 0.05) is 31.1 Å². The van der Waals surface area contributed by atoms with Crippen LogP contribution < -0.4 is 10.9 Å². The second-order valence-electron chi connectivity index (χ2n) is 5.79. The number of ether oxygens (including phenoxy) is 1. The Bertz CT molecular complexity index is 741. The van der Waals surface area contributed by atoms with Crippen LogP contribution in [0.15, 0.2) is 17.1 Å². The molecule has 0 aliphatic heterocycles. The zero-order chi connectivity index (χ0) is 15.7. The van der Waals surface area contributed by atoms with E-state index in [-0.39, 0.29) is 29.2 Å². The predicted octanol–water partition coefficient (Wildman–Crippen LogP) is 1.02. The molecule has 0 radical (unpaired) electrons. The number of carbonyl (C=O) groups is 1. The summed E-state index contributed by atoms with van der Waals surface area (Å²) in [7, 11) is 1.71. The molecule has 7 nitrogen and oxygen atoms in total. The zero-order valence-corrected chi connectivity index (χ0v) is 12.8. The highest BCUT2D eigenvalue weighted by molar-refractivity contribution is 5.93.